The normalized spacial score (nSPS) is 9.95. The number of hydrogen-bond acceptors (Lipinski definition) is 3. The van der Waals surface area contributed by atoms with Gasteiger partial charge in [-0.15, -0.1) is 0 Å². The molecule has 2 rings (SSSR count). The van der Waals surface area contributed by atoms with Crippen LogP contribution >= 0.6 is 0 Å². The molecule has 1 aromatic carbocycles. The van der Waals surface area contributed by atoms with Gasteiger partial charge in [0, 0.05) is 11.8 Å². The molecule has 1 aromatic heterocycles. The van der Waals surface area contributed by atoms with E-state index < -0.39 is 17.5 Å². The number of carbonyl (C=O) groups excluding carboxylic acids is 2. The number of nitrogens with zero attached hydrogens (tertiary/aromatic N) is 1. The van der Waals surface area contributed by atoms with E-state index in [0.717, 1.165) is 12.1 Å². The van der Waals surface area contributed by atoms with E-state index in [9.17, 15) is 14.0 Å². The van der Waals surface area contributed by atoms with Crippen molar-refractivity contribution in [3.05, 3.63) is 65.7 Å². The van der Waals surface area contributed by atoms with Gasteiger partial charge in [-0.05, 0) is 36.4 Å². The predicted molar refractivity (Wildman–Crippen MR) is 66.8 cm³/mol. The number of ketones is 1. The Bertz CT molecular complexity index is 582. The van der Waals surface area contributed by atoms with Crippen LogP contribution in [-0.4, -0.2) is 16.7 Å². The highest BCUT2D eigenvalue weighted by Gasteiger charge is 2.15. The number of carbonyl (C=O) groups is 2. The molecule has 0 aliphatic rings. The summed E-state index contributed by atoms with van der Waals surface area (Å²) in [6.07, 6.45) is 1.60. The van der Waals surface area contributed by atoms with Crippen LogP contribution in [0.1, 0.15) is 16.1 Å². The summed E-state index contributed by atoms with van der Waals surface area (Å²) in [5, 5.41) is 2.47. The highest BCUT2D eigenvalue weighted by atomic mass is 19.1. The van der Waals surface area contributed by atoms with Crippen LogP contribution in [0.25, 0.3) is 0 Å². The Morgan fingerprint density at radius 3 is 2.47 bits per heavy atom. The zero-order valence-corrected chi connectivity index (χ0v) is 9.97. The van der Waals surface area contributed by atoms with Crippen LogP contribution in [0, 0.1) is 5.82 Å². The van der Waals surface area contributed by atoms with Crippen molar-refractivity contribution in [1.82, 2.24) is 10.3 Å². The molecule has 0 spiro atoms. The second-order valence-corrected chi connectivity index (χ2v) is 3.84. The lowest BCUT2D eigenvalue weighted by Gasteiger charge is -2.04. The first-order valence-electron chi connectivity index (χ1n) is 5.65. The Morgan fingerprint density at radius 1 is 1.11 bits per heavy atom. The van der Waals surface area contributed by atoms with Crippen molar-refractivity contribution < 1.29 is 14.0 Å². The van der Waals surface area contributed by atoms with E-state index in [1.807, 2.05) is 0 Å². The van der Waals surface area contributed by atoms with Crippen molar-refractivity contribution in [3.8, 4) is 0 Å². The monoisotopic (exact) mass is 258 g/mol. The van der Waals surface area contributed by atoms with Crippen molar-refractivity contribution in [3.63, 3.8) is 0 Å². The summed E-state index contributed by atoms with van der Waals surface area (Å²) in [6.45, 7) is 0.173. The number of halogens is 1. The fourth-order valence-corrected chi connectivity index (χ4v) is 1.49. The van der Waals surface area contributed by atoms with Gasteiger partial charge in [-0.3, -0.25) is 14.6 Å². The average Bonchev–Trinajstić information content (AvgIpc) is 2.46. The molecule has 0 radical (unpaired) electrons. The van der Waals surface area contributed by atoms with Gasteiger partial charge in [0.05, 0.1) is 12.2 Å². The minimum Gasteiger partial charge on any atom is -0.344 e. The van der Waals surface area contributed by atoms with Crippen LogP contribution in [0.2, 0.25) is 0 Å². The summed E-state index contributed by atoms with van der Waals surface area (Å²) in [5.41, 5.74) is 0.808. The number of amides is 1. The van der Waals surface area contributed by atoms with Crippen molar-refractivity contribution in [2.75, 3.05) is 0 Å². The first kappa shape index (κ1) is 12.9. The van der Waals surface area contributed by atoms with Gasteiger partial charge < -0.3 is 5.32 Å². The molecule has 2 aromatic rings. The lowest BCUT2D eigenvalue weighted by molar-refractivity contribution is -0.117. The number of Topliss-reactive ketones (excluding diaryl/α,β-unsaturated/α-hetero) is 1. The summed E-state index contributed by atoms with van der Waals surface area (Å²) >= 11 is 0. The minimum absolute atomic E-state index is 0.153. The van der Waals surface area contributed by atoms with Crippen molar-refractivity contribution in [2.45, 2.75) is 6.54 Å². The molecule has 0 unspecified atom stereocenters. The van der Waals surface area contributed by atoms with Gasteiger partial charge in [-0.25, -0.2) is 4.39 Å². The second-order valence-electron chi connectivity index (χ2n) is 3.84. The maximum Gasteiger partial charge on any atom is 0.292 e. The number of pyridine rings is 1. The summed E-state index contributed by atoms with van der Waals surface area (Å²) in [7, 11) is 0. The van der Waals surface area contributed by atoms with Crippen LogP contribution in [0.3, 0.4) is 0 Å². The highest BCUT2D eigenvalue weighted by molar-refractivity contribution is 6.42. The van der Waals surface area contributed by atoms with Gasteiger partial charge in [0.2, 0.25) is 5.78 Å². The molecule has 0 aliphatic heterocycles. The molecule has 1 amide bonds. The van der Waals surface area contributed by atoms with Gasteiger partial charge in [-0.1, -0.05) is 6.07 Å². The Hall–Kier alpha value is -2.56. The smallest absolute Gasteiger partial charge is 0.292 e. The van der Waals surface area contributed by atoms with Gasteiger partial charge in [0.1, 0.15) is 5.82 Å². The molecular formula is C14H11FN2O2. The number of hydrogen-bond donors (Lipinski definition) is 1. The first-order chi connectivity index (χ1) is 9.16. The molecule has 1 heterocycles. The van der Waals surface area contributed by atoms with Crippen LogP contribution in [0.5, 0.6) is 0 Å². The number of aromatic nitrogens is 1. The topological polar surface area (TPSA) is 59.1 Å². The average molecular weight is 258 g/mol. The Labute approximate surface area is 109 Å². The van der Waals surface area contributed by atoms with Gasteiger partial charge in [0.25, 0.3) is 5.91 Å². The van der Waals surface area contributed by atoms with Crippen molar-refractivity contribution in [1.29, 1.82) is 0 Å². The Kier molecular flexibility index (Phi) is 3.97. The van der Waals surface area contributed by atoms with Crippen molar-refractivity contribution in [2.24, 2.45) is 0 Å². The standard InChI is InChI=1S/C14H11FN2O2/c15-11-6-4-10(5-7-11)13(18)14(19)17-9-12-3-1-2-8-16-12/h1-8H,9H2,(H,17,19). The molecule has 4 nitrogen and oxygen atoms in total. The number of rotatable bonds is 4. The minimum atomic E-state index is -0.739. The summed E-state index contributed by atoms with van der Waals surface area (Å²) < 4.78 is 12.7. The van der Waals surface area contributed by atoms with Crippen LogP contribution in [-0.2, 0) is 11.3 Å². The maximum atomic E-state index is 12.7. The third kappa shape index (κ3) is 3.45. The van der Waals surface area contributed by atoms with E-state index in [1.54, 1.807) is 24.4 Å². The molecule has 0 fully saturated rings. The van der Waals surface area contributed by atoms with Crippen LogP contribution < -0.4 is 5.32 Å². The van der Waals surface area contributed by atoms with E-state index in [1.165, 1.54) is 12.1 Å². The fraction of sp³-hybridized carbons (Fsp3) is 0.0714. The largest absolute Gasteiger partial charge is 0.344 e. The van der Waals surface area contributed by atoms with E-state index in [2.05, 4.69) is 10.3 Å². The zero-order valence-electron chi connectivity index (χ0n) is 9.97. The summed E-state index contributed by atoms with van der Waals surface area (Å²) in [4.78, 5) is 27.4. The maximum absolute atomic E-state index is 12.7. The number of nitrogens with one attached hydrogen (secondary N) is 1. The molecular weight excluding hydrogens is 247 g/mol. The molecule has 19 heavy (non-hydrogen) atoms. The molecule has 0 aliphatic carbocycles. The fourth-order valence-electron chi connectivity index (χ4n) is 1.49. The van der Waals surface area contributed by atoms with Crippen LogP contribution in [0.15, 0.2) is 48.7 Å². The highest BCUT2D eigenvalue weighted by Crippen LogP contribution is 2.04. The SMILES string of the molecule is O=C(NCc1ccccn1)C(=O)c1ccc(F)cc1. The van der Waals surface area contributed by atoms with E-state index in [4.69, 9.17) is 0 Å². The zero-order chi connectivity index (χ0) is 13.7. The molecule has 1 N–H and O–H groups in total. The molecule has 0 bridgehead atoms. The van der Waals surface area contributed by atoms with Crippen LogP contribution in [0.4, 0.5) is 4.39 Å². The molecule has 0 saturated heterocycles. The summed E-state index contributed by atoms with van der Waals surface area (Å²) in [5.74, 6) is -1.89. The Balaban J connectivity index is 1.96. The van der Waals surface area contributed by atoms with E-state index >= 15 is 0 Å². The third-order valence-electron chi connectivity index (χ3n) is 2.47. The van der Waals surface area contributed by atoms with Gasteiger partial charge >= 0.3 is 0 Å². The molecule has 0 saturated carbocycles. The van der Waals surface area contributed by atoms with Gasteiger partial charge in [-0.2, -0.15) is 0 Å². The molecule has 5 heteroatoms. The van der Waals surface area contributed by atoms with E-state index in [0.29, 0.717) is 5.69 Å². The van der Waals surface area contributed by atoms with Gasteiger partial charge in [0.15, 0.2) is 0 Å². The number of benzene rings is 1. The predicted octanol–water partition coefficient (Wildman–Crippen LogP) is 1.72. The first-order valence-corrected chi connectivity index (χ1v) is 5.65. The molecule has 0 atom stereocenters. The molecule has 96 valence electrons. The lowest BCUT2D eigenvalue weighted by atomic mass is 10.1. The van der Waals surface area contributed by atoms with E-state index in [-0.39, 0.29) is 12.1 Å². The Morgan fingerprint density at radius 2 is 1.84 bits per heavy atom. The quantitative estimate of drug-likeness (QED) is 0.671. The summed E-state index contributed by atoms with van der Waals surface area (Å²) in [6, 6.07) is 10.1. The second kappa shape index (κ2) is 5.86. The lowest BCUT2D eigenvalue weighted by Crippen LogP contribution is -2.30. The van der Waals surface area contributed by atoms with Crippen molar-refractivity contribution >= 4 is 11.7 Å². The third-order valence-corrected chi connectivity index (χ3v) is 2.47.